The summed E-state index contributed by atoms with van der Waals surface area (Å²) < 4.78 is 7.11. The Balaban J connectivity index is 1.99. The van der Waals surface area contributed by atoms with Gasteiger partial charge in [0, 0.05) is 18.4 Å². The zero-order valence-electron chi connectivity index (χ0n) is 10.0. The fourth-order valence-electron chi connectivity index (χ4n) is 1.48. The van der Waals surface area contributed by atoms with E-state index in [0.29, 0.717) is 12.3 Å². The number of aliphatic hydroxyl groups excluding tert-OH is 1. The molecule has 0 aliphatic rings. The summed E-state index contributed by atoms with van der Waals surface area (Å²) in [5.74, 6) is 0.557. The van der Waals surface area contributed by atoms with Crippen molar-refractivity contribution >= 4 is 5.91 Å². The normalized spacial score (nSPS) is 12.3. The van der Waals surface area contributed by atoms with Gasteiger partial charge in [-0.3, -0.25) is 9.48 Å². The molecule has 18 heavy (non-hydrogen) atoms. The zero-order chi connectivity index (χ0) is 13.0. The molecule has 2 aromatic heterocycles. The first-order chi connectivity index (χ1) is 8.69. The smallest absolute Gasteiger partial charge is 0.287 e. The van der Waals surface area contributed by atoms with Gasteiger partial charge >= 0.3 is 0 Å². The Labute approximate surface area is 104 Å². The van der Waals surface area contributed by atoms with Gasteiger partial charge in [-0.2, -0.15) is 5.10 Å². The fraction of sp³-hybridized carbons (Fsp3) is 0.333. The Morgan fingerprint density at radius 1 is 1.61 bits per heavy atom. The summed E-state index contributed by atoms with van der Waals surface area (Å²) in [6, 6.07) is 4.87. The summed E-state index contributed by atoms with van der Waals surface area (Å²) in [6.45, 7) is 2.09. The highest BCUT2D eigenvalue weighted by Gasteiger charge is 2.13. The summed E-state index contributed by atoms with van der Waals surface area (Å²) >= 11 is 0. The second-order valence-corrected chi connectivity index (χ2v) is 4.03. The van der Waals surface area contributed by atoms with E-state index in [-0.39, 0.29) is 24.3 Å². The SMILES string of the molecule is C[C@H](CO)NC(=O)c1ccc(Cn2cccn2)o1. The van der Waals surface area contributed by atoms with Crippen molar-refractivity contribution in [3.63, 3.8) is 0 Å². The zero-order valence-corrected chi connectivity index (χ0v) is 10.0. The lowest BCUT2D eigenvalue weighted by molar-refractivity contribution is 0.0892. The molecular weight excluding hydrogens is 234 g/mol. The highest BCUT2D eigenvalue weighted by atomic mass is 16.4. The molecule has 0 spiro atoms. The van der Waals surface area contributed by atoms with E-state index in [1.54, 1.807) is 29.9 Å². The third kappa shape index (κ3) is 2.98. The van der Waals surface area contributed by atoms with E-state index in [1.165, 1.54) is 0 Å². The van der Waals surface area contributed by atoms with Crippen molar-refractivity contribution in [3.8, 4) is 0 Å². The molecule has 0 unspecified atom stereocenters. The lowest BCUT2D eigenvalue weighted by Gasteiger charge is -2.08. The number of carbonyl (C=O) groups excluding carboxylic acids is 1. The van der Waals surface area contributed by atoms with Gasteiger partial charge in [-0.15, -0.1) is 0 Å². The number of nitrogens with zero attached hydrogens (tertiary/aromatic N) is 2. The van der Waals surface area contributed by atoms with E-state index in [1.807, 2.05) is 12.3 Å². The molecule has 0 aromatic carbocycles. The van der Waals surface area contributed by atoms with Crippen LogP contribution in [0.4, 0.5) is 0 Å². The van der Waals surface area contributed by atoms with Crippen molar-refractivity contribution in [3.05, 3.63) is 42.1 Å². The molecule has 2 rings (SSSR count). The van der Waals surface area contributed by atoms with Crippen LogP contribution in [0.15, 0.2) is 35.0 Å². The van der Waals surface area contributed by atoms with Crippen molar-refractivity contribution in [2.45, 2.75) is 19.5 Å². The highest BCUT2D eigenvalue weighted by Crippen LogP contribution is 2.09. The lowest BCUT2D eigenvalue weighted by atomic mass is 10.3. The van der Waals surface area contributed by atoms with Gasteiger partial charge in [0.2, 0.25) is 0 Å². The molecule has 0 radical (unpaired) electrons. The van der Waals surface area contributed by atoms with Gasteiger partial charge in [-0.25, -0.2) is 0 Å². The molecule has 0 fully saturated rings. The van der Waals surface area contributed by atoms with Crippen LogP contribution in [0.25, 0.3) is 0 Å². The number of hydrogen-bond donors (Lipinski definition) is 2. The van der Waals surface area contributed by atoms with Crippen molar-refractivity contribution < 1.29 is 14.3 Å². The predicted octanol–water partition coefficient (Wildman–Crippen LogP) is 0.635. The van der Waals surface area contributed by atoms with Crippen LogP contribution in [-0.4, -0.2) is 33.4 Å². The van der Waals surface area contributed by atoms with Crippen LogP contribution in [0.1, 0.15) is 23.2 Å². The van der Waals surface area contributed by atoms with Crippen LogP contribution in [0.2, 0.25) is 0 Å². The Bertz CT molecular complexity index is 504. The Hall–Kier alpha value is -2.08. The van der Waals surface area contributed by atoms with E-state index in [0.717, 1.165) is 0 Å². The van der Waals surface area contributed by atoms with Crippen LogP contribution in [-0.2, 0) is 6.54 Å². The Kier molecular flexibility index (Phi) is 3.78. The van der Waals surface area contributed by atoms with Gasteiger partial charge in [-0.05, 0) is 25.1 Å². The molecule has 0 aliphatic carbocycles. The largest absolute Gasteiger partial charge is 0.454 e. The average Bonchev–Trinajstić information content (AvgIpc) is 3.00. The maximum absolute atomic E-state index is 11.7. The minimum absolute atomic E-state index is 0.105. The molecule has 1 amide bonds. The van der Waals surface area contributed by atoms with Crippen LogP contribution < -0.4 is 5.32 Å². The monoisotopic (exact) mass is 249 g/mol. The van der Waals surface area contributed by atoms with Gasteiger partial charge in [0.1, 0.15) is 5.76 Å². The standard InChI is InChI=1S/C12H15N3O3/c1-9(8-16)14-12(17)11-4-3-10(18-11)7-15-6-2-5-13-15/h2-6,9,16H,7-8H2,1H3,(H,14,17)/t9-/m1/s1. The first-order valence-electron chi connectivity index (χ1n) is 5.67. The first-order valence-corrected chi connectivity index (χ1v) is 5.67. The lowest BCUT2D eigenvalue weighted by Crippen LogP contribution is -2.34. The predicted molar refractivity (Wildman–Crippen MR) is 64.1 cm³/mol. The van der Waals surface area contributed by atoms with Crippen LogP contribution in [0, 0.1) is 0 Å². The van der Waals surface area contributed by atoms with Crippen molar-refractivity contribution in [2.24, 2.45) is 0 Å². The second kappa shape index (κ2) is 5.50. The van der Waals surface area contributed by atoms with E-state index in [2.05, 4.69) is 10.4 Å². The highest BCUT2D eigenvalue weighted by molar-refractivity contribution is 5.91. The van der Waals surface area contributed by atoms with Gasteiger partial charge in [0.25, 0.3) is 5.91 Å². The van der Waals surface area contributed by atoms with Crippen LogP contribution in [0.5, 0.6) is 0 Å². The number of aliphatic hydroxyl groups is 1. The Morgan fingerprint density at radius 2 is 2.44 bits per heavy atom. The maximum Gasteiger partial charge on any atom is 0.287 e. The molecular formula is C12H15N3O3. The number of amides is 1. The number of nitrogens with one attached hydrogen (secondary N) is 1. The van der Waals surface area contributed by atoms with E-state index in [4.69, 9.17) is 9.52 Å². The summed E-state index contributed by atoms with van der Waals surface area (Å²) in [4.78, 5) is 11.7. The minimum atomic E-state index is -0.330. The van der Waals surface area contributed by atoms with E-state index >= 15 is 0 Å². The van der Waals surface area contributed by atoms with E-state index < -0.39 is 0 Å². The minimum Gasteiger partial charge on any atom is -0.454 e. The molecule has 2 aromatic rings. The van der Waals surface area contributed by atoms with Gasteiger partial charge in [-0.1, -0.05) is 0 Å². The number of hydrogen-bond acceptors (Lipinski definition) is 4. The molecule has 6 heteroatoms. The molecule has 6 nitrogen and oxygen atoms in total. The van der Waals surface area contributed by atoms with Crippen LogP contribution >= 0.6 is 0 Å². The van der Waals surface area contributed by atoms with Crippen molar-refractivity contribution in [2.75, 3.05) is 6.61 Å². The summed E-state index contributed by atoms with van der Waals surface area (Å²) in [5.41, 5.74) is 0. The topological polar surface area (TPSA) is 80.3 Å². The molecule has 2 heterocycles. The molecule has 2 N–H and O–H groups in total. The first kappa shape index (κ1) is 12.4. The van der Waals surface area contributed by atoms with Crippen LogP contribution in [0.3, 0.4) is 0 Å². The summed E-state index contributed by atoms with van der Waals surface area (Å²) in [7, 11) is 0. The van der Waals surface area contributed by atoms with Gasteiger partial charge in [0.15, 0.2) is 5.76 Å². The molecule has 0 bridgehead atoms. The van der Waals surface area contributed by atoms with Gasteiger partial charge < -0.3 is 14.8 Å². The van der Waals surface area contributed by atoms with Crippen molar-refractivity contribution in [1.82, 2.24) is 15.1 Å². The van der Waals surface area contributed by atoms with Gasteiger partial charge in [0.05, 0.1) is 13.2 Å². The molecule has 1 atom stereocenters. The maximum atomic E-state index is 11.7. The number of aromatic nitrogens is 2. The molecule has 96 valence electrons. The third-order valence-corrected chi connectivity index (χ3v) is 2.41. The number of carbonyl (C=O) groups is 1. The average molecular weight is 249 g/mol. The third-order valence-electron chi connectivity index (χ3n) is 2.41. The summed E-state index contributed by atoms with van der Waals surface area (Å²) in [5, 5.41) is 15.5. The van der Waals surface area contributed by atoms with Crippen molar-refractivity contribution in [1.29, 1.82) is 0 Å². The fourth-order valence-corrected chi connectivity index (χ4v) is 1.48. The second-order valence-electron chi connectivity index (χ2n) is 4.03. The summed E-state index contributed by atoms with van der Waals surface area (Å²) in [6.07, 6.45) is 3.50. The molecule has 0 saturated carbocycles. The molecule has 0 aliphatic heterocycles. The quantitative estimate of drug-likeness (QED) is 0.814. The van der Waals surface area contributed by atoms with E-state index in [9.17, 15) is 4.79 Å². The Morgan fingerprint density at radius 3 is 3.11 bits per heavy atom. The molecule has 0 saturated heterocycles. The number of furan rings is 1. The number of rotatable bonds is 5.